The number of hydrogen-bond donors (Lipinski definition) is 3. The molecule has 0 spiro atoms. The van der Waals surface area contributed by atoms with E-state index < -0.39 is 5.60 Å². The molecular formula is C20H27N7O. The molecule has 0 atom stereocenters. The summed E-state index contributed by atoms with van der Waals surface area (Å²) in [5.41, 5.74) is 7.84. The SMILES string of the molecule is CC(C)(O)c1ccc(Nc2nc3c(N4CCCCCC4)nccn3n2)cc1N. The minimum absolute atomic E-state index is 0.486. The van der Waals surface area contributed by atoms with Gasteiger partial charge in [-0.25, -0.2) is 9.50 Å². The third-order valence-electron chi connectivity index (χ3n) is 5.11. The molecule has 148 valence electrons. The van der Waals surface area contributed by atoms with E-state index in [-0.39, 0.29) is 0 Å². The maximum Gasteiger partial charge on any atom is 0.247 e. The summed E-state index contributed by atoms with van der Waals surface area (Å²) in [4.78, 5) is 11.5. The Labute approximate surface area is 164 Å². The summed E-state index contributed by atoms with van der Waals surface area (Å²) in [6, 6.07) is 5.47. The van der Waals surface area contributed by atoms with Gasteiger partial charge in [-0.3, -0.25) is 0 Å². The summed E-state index contributed by atoms with van der Waals surface area (Å²) in [6.07, 6.45) is 8.45. The van der Waals surface area contributed by atoms with Crippen molar-refractivity contribution in [3.63, 3.8) is 0 Å². The molecule has 3 heterocycles. The van der Waals surface area contributed by atoms with Crippen molar-refractivity contribution in [1.29, 1.82) is 0 Å². The molecule has 1 aliphatic rings. The standard InChI is InChI=1S/C20H27N7O/c1-20(2,28)15-8-7-14(13-16(15)21)23-19-24-18-17(22-9-12-27(18)25-19)26-10-5-3-4-6-11-26/h7-9,12-13,28H,3-6,10-11,21H2,1-2H3,(H,23,25). The third kappa shape index (κ3) is 3.73. The van der Waals surface area contributed by atoms with Gasteiger partial charge < -0.3 is 21.1 Å². The number of aliphatic hydroxyl groups is 1. The van der Waals surface area contributed by atoms with E-state index in [2.05, 4.69) is 25.3 Å². The number of fused-ring (bicyclic) bond motifs is 1. The Hall–Kier alpha value is -2.87. The van der Waals surface area contributed by atoms with Crippen LogP contribution >= 0.6 is 0 Å². The first kappa shape index (κ1) is 18.5. The number of aromatic nitrogens is 4. The highest BCUT2D eigenvalue weighted by Crippen LogP contribution is 2.29. The molecular weight excluding hydrogens is 354 g/mol. The largest absolute Gasteiger partial charge is 0.398 e. The Morgan fingerprint density at radius 1 is 1.14 bits per heavy atom. The van der Waals surface area contributed by atoms with Gasteiger partial charge in [-0.1, -0.05) is 18.9 Å². The Morgan fingerprint density at radius 2 is 1.89 bits per heavy atom. The van der Waals surface area contributed by atoms with E-state index in [0.717, 1.165) is 30.2 Å². The summed E-state index contributed by atoms with van der Waals surface area (Å²) < 4.78 is 1.75. The van der Waals surface area contributed by atoms with Gasteiger partial charge in [-0.2, -0.15) is 4.98 Å². The molecule has 1 aliphatic heterocycles. The first-order valence-electron chi connectivity index (χ1n) is 9.77. The quantitative estimate of drug-likeness (QED) is 0.597. The van der Waals surface area contributed by atoms with Crippen LogP contribution in [0.4, 0.5) is 23.1 Å². The number of nitrogen functional groups attached to an aromatic ring is 1. The molecule has 0 unspecified atom stereocenters. The van der Waals surface area contributed by atoms with Gasteiger partial charge in [0, 0.05) is 42.4 Å². The maximum atomic E-state index is 10.2. The summed E-state index contributed by atoms with van der Waals surface area (Å²) in [6.45, 7) is 5.42. The zero-order valence-electron chi connectivity index (χ0n) is 16.4. The summed E-state index contributed by atoms with van der Waals surface area (Å²) in [5.74, 6) is 1.36. The fourth-order valence-corrected chi connectivity index (χ4v) is 3.69. The van der Waals surface area contributed by atoms with Crippen LogP contribution in [0.15, 0.2) is 30.6 Å². The number of nitrogens with two attached hydrogens (primary N) is 1. The molecule has 3 aromatic rings. The van der Waals surface area contributed by atoms with Crippen LogP contribution in [-0.4, -0.2) is 37.8 Å². The highest BCUT2D eigenvalue weighted by atomic mass is 16.3. The van der Waals surface area contributed by atoms with Gasteiger partial charge in [-0.15, -0.1) is 5.10 Å². The minimum Gasteiger partial charge on any atom is -0.398 e. The molecule has 28 heavy (non-hydrogen) atoms. The van der Waals surface area contributed by atoms with Crippen molar-refractivity contribution in [3.05, 3.63) is 36.2 Å². The van der Waals surface area contributed by atoms with Gasteiger partial charge in [0.2, 0.25) is 5.95 Å². The Balaban J connectivity index is 1.62. The van der Waals surface area contributed by atoms with Crippen LogP contribution in [0, 0.1) is 0 Å². The van der Waals surface area contributed by atoms with Crippen LogP contribution in [0.3, 0.4) is 0 Å². The van der Waals surface area contributed by atoms with Crippen LogP contribution in [0.5, 0.6) is 0 Å². The topological polar surface area (TPSA) is 105 Å². The molecule has 0 aliphatic carbocycles. The van der Waals surface area contributed by atoms with Gasteiger partial charge in [-0.05, 0) is 38.8 Å². The maximum absolute atomic E-state index is 10.2. The molecule has 1 aromatic carbocycles. The monoisotopic (exact) mass is 381 g/mol. The first-order valence-corrected chi connectivity index (χ1v) is 9.77. The minimum atomic E-state index is -0.988. The van der Waals surface area contributed by atoms with Gasteiger partial charge >= 0.3 is 0 Å². The lowest BCUT2D eigenvalue weighted by Gasteiger charge is -2.21. The van der Waals surface area contributed by atoms with Gasteiger partial charge in [0.05, 0.1) is 5.60 Å². The van der Waals surface area contributed by atoms with Crippen molar-refractivity contribution >= 4 is 28.8 Å². The number of nitrogens with one attached hydrogen (secondary N) is 1. The lowest BCUT2D eigenvalue weighted by molar-refractivity contribution is 0.0794. The van der Waals surface area contributed by atoms with Crippen molar-refractivity contribution in [1.82, 2.24) is 19.6 Å². The molecule has 0 saturated carbocycles. The average molecular weight is 381 g/mol. The van der Waals surface area contributed by atoms with Crippen LogP contribution < -0.4 is 16.0 Å². The molecule has 8 nitrogen and oxygen atoms in total. The molecule has 4 N–H and O–H groups in total. The number of benzene rings is 1. The van der Waals surface area contributed by atoms with E-state index in [0.29, 0.717) is 17.2 Å². The second-order valence-electron chi connectivity index (χ2n) is 7.84. The lowest BCUT2D eigenvalue weighted by atomic mass is 9.96. The molecule has 0 amide bonds. The number of nitrogens with zero attached hydrogens (tertiary/aromatic N) is 5. The molecule has 1 saturated heterocycles. The van der Waals surface area contributed by atoms with E-state index in [1.807, 2.05) is 12.1 Å². The molecule has 0 bridgehead atoms. The van der Waals surface area contributed by atoms with E-state index in [9.17, 15) is 5.11 Å². The highest BCUT2D eigenvalue weighted by Gasteiger charge is 2.20. The summed E-state index contributed by atoms with van der Waals surface area (Å²) in [7, 11) is 0. The molecule has 1 fully saturated rings. The third-order valence-corrected chi connectivity index (χ3v) is 5.11. The summed E-state index contributed by atoms with van der Waals surface area (Å²) in [5, 5.41) is 17.9. The Kier molecular flexibility index (Phi) is 4.80. The first-order chi connectivity index (χ1) is 13.4. The van der Waals surface area contributed by atoms with Crippen LogP contribution in [0.1, 0.15) is 45.1 Å². The Bertz CT molecular complexity index is 968. The Morgan fingerprint density at radius 3 is 2.57 bits per heavy atom. The second-order valence-corrected chi connectivity index (χ2v) is 7.84. The second kappa shape index (κ2) is 7.27. The van der Waals surface area contributed by atoms with E-state index in [1.165, 1.54) is 25.7 Å². The van der Waals surface area contributed by atoms with Crippen molar-refractivity contribution in [2.45, 2.75) is 45.1 Å². The van der Waals surface area contributed by atoms with Crippen LogP contribution in [0.2, 0.25) is 0 Å². The van der Waals surface area contributed by atoms with Gasteiger partial charge in [0.1, 0.15) is 0 Å². The van der Waals surface area contributed by atoms with Crippen LogP contribution in [0.25, 0.3) is 5.65 Å². The van der Waals surface area contributed by atoms with E-state index in [1.54, 1.807) is 36.8 Å². The van der Waals surface area contributed by atoms with Gasteiger partial charge in [0.25, 0.3) is 0 Å². The average Bonchev–Trinajstić information content (AvgIpc) is 2.85. The molecule has 4 rings (SSSR count). The zero-order chi connectivity index (χ0) is 19.7. The number of anilines is 4. The lowest BCUT2D eigenvalue weighted by Crippen LogP contribution is -2.25. The van der Waals surface area contributed by atoms with Gasteiger partial charge in [0.15, 0.2) is 11.5 Å². The van der Waals surface area contributed by atoms with Crippen molar-refractivity contribution in [2.24, 2.45) is 0 Å². The normalized spacial score (nSPS) is 15.6. The van der Waals surface area contributed by atoms with E-state index >= 15 is 0 Å². The fourth-order valence-electron chi connectivity index (χ4n) is 3.69. The number of rotatable bonds is 4. The van der Waals surface area contributed by atoms with Crippen molar-refractivity contribution < 1.29 is 5.11 Å². The summed E-state index contributed by atoms with van der Waals surface area (Å²) >= 11 is 0. The van der Waals surface area contributed by atoms with Crippen LogP contribution in [-0.2, 0) is 5.60 Å². The van der Waals surface area contributed by atoms with Crippen molar-refractivity contribution in [2.75, 3.05) is 29.0 Å². The molecule has 0 radical (unpaired) electrons. The predicted octanol–water partition coefficient (Wildman–Crippen LogP) is 3.06. The van der Waals surface area contributed by atoms with Crippen molar-refractivity contribution in [3.8, 4) is 0 Å². The molecule has 8 heteroatoms. The fraction of sp³-hybridized carbons (Fsp3) is 0.450. The smallest absolute Gasteiger partial charge is 0.247 e. The molecule has 2 aromatic heterocycles. The number of hydrogen-bond acceptors (Lipinski definition) is 7. The van der Waals surface area contributed by atoms with E-state index in [4.69, 9.17) is 5.73 Å². The predicted molar refractivity (Wildman–Crippen MR) is 111 cm³/mol. The zero-order valence-corrected chi connectivity index (χ0v) is 16.4. The highest BCUT2D eigenvalue weighted by molar-refractivity contribution is 5.68.